The zero-order valence-corrected chi connectivity index (χ0v) is 19.8. The molecule has 0 aliphatic carbocycles. The minimum absolute atomic E-state index is 0.0237. The van der Waals surface area contributed by atoms with Crippen LogP contribution >= 0.6 is 23.2 Å². The number of hydrogen-bond donors (Lipinski definition) is 2. The van der Waals surface area contributed by atoms with Crippen molar-refractivity contribution in [1.29, 1.82) is 0 Å². The van der Waals surface area contributed by atoms with Crippen LogP contribution in [0, 0.1) is 0 Å². The largest absolute Gasteiger partial charge is 0.573 e. The Labute approximate surface area is 211 Å². The third kappa shape index (κ3) is 5.09. The Morgan fingerprint density at radius 2 is 1.78 bits per heavy atom. The molecule has 1 unspecified atom stereocenters. The summed E-state index contributed by atoms with van der Waals surface area (Å²) in [4.78, 5) is 30.6. The summed E-state index contributed by atoms with van der Waals surface area (Å²) in [5, 5.41) is 12.1. The number of benzene rings is 3. The lowest BCUT2D eigenvalue weighted by molar-refractivity contribution is -0.275. The maximum absolute atomic E-state index is 13.5. The molecule has 3 aromatic carbocycles. The number of fused-ring (bicyclic) bond motifs is 1. The molecule has 1 aromatic heterocycles. The summed E-state index contributed by atoms with van der Waals surface area (Å²) in [7, 11) is 0. The average molecular weight is 538 g/mol. The Morgan fingerprint density at radius 3 is 2.44 bits per heavy atom. The smallest absolute Gasteiger partial charge is 0.505 e. The first-order valence-electron chi connectivity index (χ1n) is 10.3. The predicted molar refractivity (Wildman–Crippen MR) is 129 cm³/mol. The number of para-hydroxylation sites is 1. The number of hydrogen-bond acceptors (Lipinski definition) is 5. The number of alkyl halides is 3. The van der Waals surface area contributed by atoms with Crippen molar-refractivity contribution in [3.05, 3.63) is 92.5 Å². The predicted octanol–water partition coefficient (Wildman–Crippen LogP) is 6.17. The third-order valence-electron chi connectivity index (χ3n) is 5.35. The molecule has 2 N–H and O–H groups in total. The van der Waals surface area contributed by atoms with E-state index in [0.717, 1.165) is 10.6 Å². The molecule has 7 nitrogen and oxygen atoms in total. The molecule has 0 radical (unpaired) electrons. The van der Waals surface area contributed by atoms with Crippen LogP contribution in [0.1, 0.15) is 28.9 Å². The maximum atomic E-state index is 13.5. The SMILES string of the molecule is CC(c1ccccc1OC(F)(F)F)n1cnc2cccc(NC(=O)c3cc(Cl)c(O)c(Cl)c3)c2c1=O. The van der Waals surface area contributed by atoms with E-state index in [1.165, 1.54) is 49.6 Å². The Morgan fingerprint density at radius 1 is 1.11 bits per heavy atom. The number of anilines is 1. The fourth-order valence-corrected chi connectivity index (χ4v) is 4.13. The van der Waals surface area contributed by atoms with Crippen LogP contribution in [0.25, 0.3) is 10.9 Å². The van der Waals surface area contributed by atoms with Crippen molar-refractivity contribution in [2.24, 2.45) is 0 Å². The van der Waals surface area contributed by atoms with Crippen LogP contribution < -0.4 is 15.6 Å². The number of carbonyl (C=O) groups excluding carboxylic acids is 1. The molecular formula is C24H16Cl2F3N3O4. The summed E-state index contributed by atoms with van der Waals surface area (Å²) < 4.78 is 43.9. The van der Waals surface area contributed by atoms with Gasteiger partial charge in [-0.05, 0) is 37.3 Å². The van der Waals surface area contributed by atoms with E-state index in [4.69, 9.17) is 23.2 Å². The van der Waals surface area contributed by atoms with Crippen LogP contribution in [0.15, 0.2) is 65.7 Å². The normalized spacial score (nSPS) is 12.4. The van der Waals surface area contributed by atoms with Crippen LogP contribution in [0.3, 0.4) is 0 Å². The van der Waals surface area contributed by atoms with Gasteiger partial charge < -0.3 is 15.2 Å². The lowest BCUT2D eigenvalue weighted by Gasteiger charge is -2.20. The Bertz CT molecular complexity index is 1520. The van der Waals surface area contributed by atoms with Gasteiger partial charge >= 0.3 is 6.36 Å². The summed E-state index contributed by atoms with van der Waals surface area (Å²) in [5.41, 5.74) is -0.116. The molecule has 1 atom stereocenters. The minimum Gasteiger partial charge on any atom is -0.505 e. The van der Waals surface area contributed by atoms with Gasteiger partial charge in [-0.25, -0.2) is 4.98 Å². The highest BCUT2D eigenvalue weighted by atomic mass is 35.5. The number of aromatic nitrogens is 2. The highest BCUT2D eigenvalue weighted by Gasteiger charge is 2.33. The number of rotatable bonds is 5. The van der Waals surface area contributed by atoms with Gasteiger partial charge in [-0.1, -0.05) is 47.5 Å². The number of phenols is 1. The number of phenolic OH excluding ortho intramolecular Hbond substituents is 1. The highest BCUT2D eigenvalue weighted by Crippen LogP contribution is 2.34. The van der Waals surface area contributed by atoms with E-state index < -0.39 is 29.6 Å². The first-order valence-corrected chi connectivity index (χ1v) is 11.1. The van der Waals surface area contributed by atoms with Gasteiger partial charge in [0, 0.05) is 11.1 Å². The molecule has 0 saturated heterocycles. The van der Waals surface area contributed by atoms with Crippen LogP contribution in [-0.2, 0) is 0 Å². The maximum Gasteiger partial charge on any atom is 0.573 e. The quantitative estimate of drug-likeness (QED) is 0.317. The Hall–Kier alpha value is -3.76. The van der Waals surface area contributed by atoms with Crippen LogP contribution in [0.4, 0.5) is 18.9 Å². The van der Waals surface area contributed by atoms with Crippen molar-refractivity contribution in [3.8, 4) is 11.5 Å². The molecule has 0 aliphatic rings. The van der Waals surface area contributed by atoms with Crippen LogP contribution in [0.5, 0.6) is 11.5 Å². The summed E-state index contributed by atoms with van der Waals surface area (Å²) in [6, 6.07) is 11.6. The van der Waals surface area contributed by atoms with Crippen molar-refractivity contribution in [2.75, 3.05) is 5.32 Å². The molecule has 186 valence electrons. The van der Waals surface area contributed by atoms with Crippen molar-refractivity contribution in [1.82, 2.24) is 9.55 Å². The molecule has 0 aliphatic heterocycles. The van der Waals surface area contributed by atoms with E-state index in [0.29, 0.717) is 0 Å². The summed E-state index contributed by atoms with van der Waals surface area (Å²) in [6.07, 6.45) is -3.70. The molecule has 1 heterocycles. The van der Waals surface area contributed by atoms with Gasteiger partial charge in [0.25, 0.3) is 11.5 Å². The van der Waals surface area contributed by atoms with Crippen molar-refractivity contribution in [3.63, 3.8) is 0 Å². The zero-order valence-electron chi connectivity index (χ0n) is 18.3. The van der Waals surface area contributed by atoms with E-state index in [1.54, 1.807) is 12.1 Å². The fraction of sp³-hybridized carbons (Fsp3) is 0.125. The molecule has 0 fully saturated rings. The number of amides is 1. The van der Waals surface area contributed by atoms with E-state index in [1.807, 2.05) is 0 Å². The molecule has 12 heteroatoms. The second-order valence-electron chi connectivity index (χ2n) is 7.66. The second-order valence-corrected chi connectivity index (χ2v) is 8.48. The molecule has 4 rings (SSSR count). The number of aromatic hydroxyl groups is 1. The molecule has 0 spiro atoms. The van der Waals surface area contributed by atoms with Crippen LogP contribution in [-0.4, -0.2) is 26.9 Å². The average Bonchev–Trinajstić information content (AvgIpc) is 2.81. The van der Waals surface area contributed by atoms with Crippen molar-refractivity contribution < 1.29 is 27.8 Å². The van der Waals surface area contributed by atoms with Gasteiger partial charge in [-0.3, -0.25) is 14.2 Å². The summed E-state index contributed by atoms with van der Waals surface area (Å²) in [5.74, 6) is -1.50. The lowest BCUT2D eigenvalue weighted by Crippen LogP contribution is -2.26. The van der Waals surface area contributed by atoms with E-state index in [-0.39, 0.29) is 43.5 Å². The first-order chi connectivity index (χ1) is 17.0. The number of ether oxygens (including phenoxy) is 1. The molecule has 4 aromatic rings. The zero-order chi connectivity index (χ0) is 26.2. The monoisotopic (exact) mass is 537 g/mol. The van der Waals surface area contributed by atoms with Gasteiger partial charge in [-0.15, -0.1) is 13.2 Å². The molecular weight excluding hydrogens is 522 g/mol. The lowest BCUT2D eigenvalue weighted by atomic mass is 10.1. The highest BCUT2D eigenvalue weighted by molar-refractivity contribution is 6.37. The van der Waals surface area contributed by atoms with E-state index in [2.05, 4.69) is 15.0 Å². The topological polar surface area (TPSA) is 93.4 Å². The number of nitrogens with zero attached hydrogens (tertiary/aromatic N) is 2. The summed E-state index contributed by atoms with van der Waals surface area (Å²) in [6.45, 7) is 1.52. The number of carbonyl (C=O) groups is 1. The fourth-order valence-electron chi connectivity index (χ4n) is 3.64. The van der Waals surface area contributed by atoms with Gasteiger partial charge in [0.15, 0.2) is 5.75 Å². The van der Waals surface area contributed by atoms with Gasteiger partial charge in [0.2, 0.25) is 0 Å². The minimum atomic E-state index is -4.92. The van der Waals surface area contributed by atoms with Crippen LogP contribution in [0.2, 0.25) is 10.0 Å². The van der Waals surface area contributed by atoms with Crippen molar-refractivity contribution >= 4 is 45.7 Å². The summed E-state index contributed by atoms with van der Waals surface area (Å²) >= 11 is 11.8. The van der Waals surface area contributed by atoms with Gasteiger partial charge in [0.1, 0.15) is 5.75 Å². The molecule has 36 heavy (non-hydrogen) atoms. The standard InChI is InChI=1S/C24H16Cl2F3N3O4/c1-12(14-5-2-3-8-19(14)36-24(27,28)29)32-11-30-17-6-4-7-18(20(17)23(32)35)31-22(34)13-9-15(25)21(33)16(26)10-13/h2-12,33H,1H3,(H,31,34). The van der Waals surface area contributed by atoms with E-state index in [9.17, 15) is 27.9 Å². The third-order valence-corrected chi connectivity index (χ3v) is 5.93. The number of nitrogens with one attached hydrogen (secondary N) is 1. The van der Waals surface area contributed by atoms with E-state index >= 15 is 0 Å². The second kappa shape index (κ2) is 9.71. The van der Waals surface area contributed by atoms with Gasteiger partial charge in [0.05, 0.1) is 39.0 Å². The molecule has 1 amide bonds. The van der Waals surface area contributed by atoms with Gasteiger partial charge in [-0.2, -0.15) is 0 Å². The Kier molecular flexibility index (Phi) is 6.83. The van der Waals surface area contributed by atoms with Crippen molar-refractivity contribution in [2.45, 2.75) is 19.3 Å². The molecule has 0 saturated carbocycles. The first kappa shape index (κ1) is 25.3. The molecule has 0 bridgehead atoms. The number of halogens is 5. The Balaban J connectivity index is 1.76.